The van der Waals surface area contributed by atoms with Crippen LogP contribution >= 0.6 is 0 Å². The van der Waals surface area contributed by atoms with Gasteiger partial charge in [0.15, 0.2) is 0 Å². The molecule has 4 rings (SSSR count). The number of fused-ring (bicyclic) bond motifs is 1. The van der Waals surface area contributed by atoms with Crippen LogP contribution in [0, 0.1) is 0 Å². The number of H-pyrrole nitrogens is 1. The summed E-state index contributed by atoms with van der Waals surface area (Å²) in [6.07, 6.45) is 0. The number of nitrogens with one attached hydrogen (secondary N) is 2. The first-order valence-electron chi connectivity index (χ1n) is 8.69. The number of ether oxygens (including phenoxy) is 1. The van der Waals surface area contributed by atoms with Gasteiger partial charge < -0.3 is 10.1 Å². The van der Waals surface area contributed by atoms with E-state index in [1.165, 1.54) is 0 Å². The van der Waals surface area contributed by atoms with Gasteiger partial charge in [-0.3, -0.25) is 9.89 Å². The molecular formula is C22H19N3O2. The lowest BCUT2D eigenvalue weighted by atomic mass is 10.1. The summed E-state index contributed by atoms with van der Waals surface area (Å²) in [5, 5.41) is 11.4. The van der Waals surface area contributed by atoms with Crippen molar-refractivity contribution in [3.05, 3.63) is 83.9 Å². The topological polar surface area (TPSA) is 67.0 Å². The number of carbonyl (C=O) groups excluding carboxylic acids is 1. The molecule has 27 heavy (non-hydrogen) atoms. The standard InChI is InChI=1S/C22H19N3O2/c1-27-18-11-12-20-19(13-18)21(25-24-20)16-7-9-17(10-8-16)22(26)23-14-15-5-3-2-4-6-15/h2-13H,14H2,1H3,(H,23,26)(H,24,25). The maximum absolute atomic E-state index is 12.4. The Morgan fingerprint density at radius 1 is 1.04 bits per heavy atom. The predicted molar refractivity (Wildman–Crippen MR) is 106 cm³/mol. The molecule has 5 heteroatoms. The molecule has 0 saturated carbocycles. The van der Waals surface area contributed by atoms with E-state index in [0.29, 0.717) is 12.1 Å². The zero-order valence-corrected chi connectivity index (χ0v) is 14.9. The van der Waals surface area contributed by atoms with Gasteiger partial charge in [0.25, 0.3) is 5.91 Å². The van der Waals surface area contributed by atoms with Gasteiger partial charge in [-0.15, -0.1) is 0 Å². The molecule has 0 spiro atoms. The van der Waals surface area contributed by atoms with Gasteiger partial charge in [-0.2, -0.15) is 5.10 Å². The van der Waals surface area contributed by atoms with Gasteiger partial charge in [0, 0.05) is 23.1 Å². The smallest absolute Gasteiger partial charge is 0.251 e. The normalized spacial score (nSPS) is 10.7. The summed E-state index contributed by atoms with van der Waals surface area (Å²) in [6, 6.07) is 23.1. The minimum absolute atomic E-state index is 0.0982. The number of nitrogens with zero attached hydrogens (tertiary/aromatic N) is 1. The zero-order valence-electron chi connectivity index (χ0n) is 14.9. The van der Waals surface area contributed by atoms with Crippen molar-refractivity contribution in [3.8, 4) is 17.0 Å². The Morgan fingerprint density at radius 3 is 2.56 bits per heavy atom. The molecule has 0 radical (unpaired) electrons. The molecule has 1 amide bonds. The van der Waals surface area contributed by atoms with Crippen molar-refractivity contribution < 1.29 is 9.53 Å². The molecule has 4 aromatic rings. The van der Waals surface area contributed by atoms with E-state index in [0.717, 1.165) is 33.5 Å². The number of carbonyl (C=O) groups is 1. The van der Waals surface area contributed by atoms with Gasteiger partial charge in [0.1, 0.15) is 11.4 Å². The fourth-order valence-electron chi connectivity index (χ4n) is 3.00. The third kappa shape index (κ3) is 3.53. The number of amides is 1. The number of aromatic nitrogens is 2. The molecule has 0 aliphatic rings. The largest absolute Gasteiger partial charge is 0.497 e. The maximum atomic E-state index is 12.4. The van der Waals surface area contributed by atoms with Crippen LogP contribution in [-0.2, 0) is 6.54 Å². The molecule has 0 aliphatic heterocycles. The summed E-state index contributed by atoms with van der Waals surface area (Å²) < 4.78 is 5.30. The minimum atomic E-state index is -0.0982. The molecule has 3 aromatic carbocycles. The maximum Gasteiger partial charge on any atom is 0.251 e. The summed E-state index contributed by atoms with van der Waals surface area (Å²) in [4.78, 5) is 12.4. The highest BCUT2D eigenvalue weighted by Crippen LogP contribution is 2.29. The SMILES string of the molecule is COc1ccc2[nH]nc(-c3ccc(C(=O)NCc4ccccc4)cc3)c2c1. The van der Waals surface area contributed by atoms with E-state index in [2.05, 4.69) is 15.5 Å². The first kappa shape index (κ1) is 16.8. The van der Waals surface area contributed by atoms with Crippen molar-refractivity contribution in [2.75, 3.05) is 7.11 Å². The van der Waals surface area contributed by atoms with Crippen molar-refractivity contribution in [3.63, 3.8) is 0 Å². The Hall–Kier alpha value is -3.60. The molecule has 5 nitrogen and oxygen atoms in total. The number of aromatic amines is 1. The van der Waals surface area contributed by atoms with E-state index >= 15 is 0 Å². The highest BCUT2D eigenvalue weighted by atomic mass is 16.5. The van der Waals surface area contributed by atoms with E-state index in [4.69, 9.17) is 4.74 Å². The molecule has 0 bridgehead atoms. The van der Waals surface area contributed by atoms with E-state index in [-0.39, 0.29) is 5.91 Å². The van der Waals surface area contributed by atoms with Crippen LogP contribution in [0.25, 0.3) is 22.2 Å². The Kier molecular flexibility index (Phi) is 4.58. The molecule has 1 aromatic heterocycles. The average molecular weight is 357 g/mol. The van der Waals surface area contributed by atoms with E-state index in [1.807, 2.05) is 72.8 Å². The summed E-state index contributed by atoms with van der Waals surface area (Å²) in [5.74, 6) is 0.681. The van der Waals surface area contributed by atoms with Gasteiger partial charge in [-0.25, -0.2) is 0 Å². The molecule has 1 heterocycles. The molecule has 134 valence electrons. The number of rotatable bonds is 5. The highest BCUT2D eigenvalue weighted by Gasteiger charge is 2.11. The second-order valence-electron chi connectivity index (χ2n) is 6.23. The van der Waals surface area contributed by atoms with Gasteiger partial charge in [0.2, 0.25) is 0 Å². The van der Waals surface area contributed by atoms with Gasteiger partial charge in [-0.1, -0.05) is 42.5 Å². The Bertz CT molecular complexity index is 1070. The fraction of sp³-hybridized carbons (Fsp3) is 0.0909. The van der Waals surface area contributed by atoms with E-state index < -0.39 is 0 Å². The van der Waals surface area contributed by atoms with Crippen molar-refractivity contribution >= 4 is 16.8 Å². The number of hydrogen-bond donors (Lipinski definition) is 2. The molecule has 0 unspecified atom stereocenters. The third-order valence-corrected chi connectivity index (χ3v) is 4.49. The molecule has 0 atom stereocenters. The van der Waals surface area contributed by atoms with Crippen LogP contribution in [0.3, 0.4) is 0 Å². The van der Waals surface area contributed by atoms with Crippen LogP contribution in [0.2, 0.25) is 0 Å². The summed E-state index contributed by atoms with van der Waals surface area (Å²) in [7, 11) is 1.64. The zero-order chi connectivity index (χ0) is 18.6. The predicted octanol–water partition coefficient (Wildman–Crippen LogP) is 4.17. The highest BCUT2D eigenvalue weighted by molar-refractivity contribution is 5.96. The van der Waals surface area contributed by atoms with E-state index in [9.17, 15) is 4.79 Å². The molecule has 0 aliphatic carbocycles. The van der Waals surface area contributed by atoms with Gasteiger partial charge >= 0.3 is 0 Å². The first-order chi connectivity index (χ1) is 13.2. The van der Waals surface area contributed by atoms with Crippen molar-refractivity contribution in [2.45, 2.75) is 6.54 Å². The lowest BCUT2D eigenvalue weighted by molar-refractivity contribution is 0.0951. The summed E-state index contributed by atoms with van der Waals surface area (Å²) in [6.45, 7) is 0.505. The average Bonchev–Trinajstić information content (AvgIpc) is 3.16. The van der Waals surface area contributed by atoms with Crippen LogP contribution in [0.1, 0.15) is 15.9 Å². The van der Waals surface area contributed by atoms with E-state index in [1.54, 1.807) is 7.11 Å². The second-order valence-corrected chi connectivity index (χ2v) is 6.23. The number of benzene rings is 3. The lowest BCUT2D eigenvalue weighted by Gasteiger charge is -2.06. The van der Waals surface area contributed by atoms with Crippen molar-refractivity contribution in [2.24, 2.45) is 0 Å². The third-order valence-electron chi connectivity index (χ3n) is 4.49. The van der Waals surface area contributed by atoms with Crippen LogP contribution in [0.4, 0.5) is 0 Å². The Morgan fingerprint density at radius 2 is 1.81 bits per heavy atom. The lowest BCUT2D eigenvalue weighted by Crippen LogP contribution is -2.22. The molecular weight excluding hydrogens is 338 g/mol. The van der Waals surface area contributed by atoms with Crippen LogP contribution < -0.4 is 10.1 Å². The van der Waals surface area contributed by atoms with Crippen LogP contribution in [0.15, 0.2) is 72.8 Å². The van der Waals surface area contributed by atoms with Crippen molar-refractivity contribution in [1.82, 2.24) is 15.5 Å². The van der Waals surface area contributed by atoms with Crippen LogP contribution in [-0.4, -0.2) is 23.2 Å². The monoisotopic (exact) mass is 357 g/mol. The first-order valence-corrected chi connectivity index (χ1v) is 8.69. The quantitative estimate of drug-likeness (QED) is 0.563. The number of hydrogen-bond acceptors (Lipinski definition) is 3. The van der Waals surface area contributed by atoms with Gasteiger partial charge in [-0.05, 0) is 35.9 Å². The van der Waals surface area contributed by atoms with Crippen LogP contribution in [0.5, 0.6) is 5.75 Å². The fourth-order valence-corrected chi connectivity index (χ4v) is 3.00. The summed E-state index contributed by atoms with van der Waals surface area (Å²) in [5.41, 5.74) is 4.40. The molecule has 0 fully saturated rings. The Balaban J connectivity index is 1.53. The second kappa shape index (κ2) is 7.33. The van der Waals surface area contributed by atoms with Gasteiger partial charge in [0.05, 0.1) is 12.6 Å². The summed E-state index contributed by atoms with van der Waals surface area (Å²) >= 11 is 0. The Labute approximate surface area is 157 Å². The minimum Gasteiger partial charge on any atom is -0.497 e. The molecule has 2 N–H and O–H groups in total. The van der Waals surface area contributed by atoms with Crippen molar-refractivity contribution in [1.29, 1.82) is 0 Å². The number of methoxy groups -OCH3 is 1. The molecule has 0 saturated heterocycles.